The van der Waals surface area contributed by atoms with E-state index >= 15 is 0 Å². The van der Waals surface area contributed by atoms with Gasteiger partial charge < -0.3 is 14.1 Å². The normalized spacial score (nSPS) is 17.6. The predicted octanol–water partition coefficient (Wildman–Crippen LogP) is 2.53. The minimum absolute atomic E-state index is 0.0379. The topological polar surface area (TPSA) is 42.7 Å². The van der Waals surface area contributed by atoms with Crippen LogP contribution in [0.5, 0.6) is 0 Å². The molecule has 0 radical (unpaired) electrons. The first-order chi connectivity index (χ1) is 8.69. The molecule has 0 bridgehead atoms. The monoisotopic (exact) mass is 361 g/mol. The molecule has 1 aromatic heterocycles. The van der Waals surface area contributed by atoms with Gasteiger partial charge in [-0.2, -0.15) is 0 Å². The number of ether oxygens (including phenoxy) is 1. The molecule has 1 amide bonds. The van der Waals surface area contributed by atoms with Crippen molar-refractivity contribution in [2.24, 2.45) is 0 Å². The smallest absolute Gasteiger partial charge is 0.246 e. The quantitative estimate of drug-likeness (QED) is 0.614. The van der Waals surface area contributed by atoms with Crippen molar-refractivity contribution in [1.29, 1.82) is 0 Å². The fourth-order valence-corrected chi connectivity index (χ4v) is 2.42. The van der Waals surface area contributed by atoms with Gasteiger partial charge in [0.2, 0.25) is 5.91 Å². The molecular weight excluding hydrogens is 345 g/mol. The number of methoxy groups -OCH3 is 1. The van der Waals surface area contributed by atoms with Crippen LogP contribution in [-0.4, -0.2) is 37.1 Å². The zero-order chi connectivity index (χ0) is 13.0. The Balaban J connectivity index is 1.87. The van der Waals surface area contributed by atoms with E-state index in [1.165, 1.54) is 0 Å². The van der Waals surface area contributed by atoms with Crippen LogP contribution in [0.25, 0.3) is 6.08 Å². The third-order valence-electron chi connectivity index (χ3n) is 3.07. The first-order valence-corrected chi connectivity index (χ1v) is 7.02. The van der Waals surface area contributed by atoms with Crippen molar-refractivity contribution in [1.82, 2.24) is 4.90 Å². The van der Waals surface area contributed by atoms with Crippen LogP contribution in [0.4, 0.5) is 0 Å². The average Bonchev–Trinajstić information content (AvgIpc) is 2.82. The first kappa shape index (κ1) is 13.6. The number of rotatable bonds is 3. The van der Waals surface area contributed by atoms with E-state index in [1.54, 1.807) is 19.3 Å². The van der Waals surface area contributed by atoms with Gasteiger partial charge in [0, 0.05) is 26.3 Å². The van der Waals surface area contributed by atoms with Gasteiger partial charge in [-0.3, -0.25) is 4.79 Å². The molecule has 0 atom stereocenters. The van der Waals surface area contributed by atoms with Crippen molar-refractivity contribution in [2.45, 2.75) is 18.9 Å². The number of carbonyl (C=O) groups is 1. The summed E-state index contributed by atoms with van der Waals surface area (Å²) in [7, 11) is 1.72. The van der Waals surface area contributed by atoms with E-state index in [0.29, 0.717) is 11.9 Å². The molecule has 1 fully saturated rings. The van der Waals surface area contributed by atoms with Crippen LogP contribution in [0.1, 0.15) is 18.6 Å². The highest BCUT2D eigenvalue weighted by atomic mass is 127. The largest absolute Gasteiger partial charge is 0.451 e. The minimum Gasteiger partial charge on any atom is -0.451 e. The third kappa shape index (κ3) is 3.58. The number of carbonyl (C=O) groups excluding carboxylic acids is 1. The van der Waals surface area contributed by atoms with E-state index in [4.69, 9.17) is 9.15 Å². The van der Waals surface area contributed by atoms with Gasteiger partial charge in [-0.15, -0.1) is 0 Å². The van der Waals surface area contributed by atoms with Crippen LogP contribution in [-0.2, 0) is 9.53 Å². The number of piperidine rings is 1. The Hall–Kier alpha value is -0.820. The third-order valence-corrected chi connectivity index (χ3v) is 3.65. The molecule has 1 aromatic rings. The number of hydrogen-bond donors (Lipinski definition) is 0. The summed E-state index contributed by atoms with van der Waals surface area (Å²) in [6.45, 7) is 1.52. The Morgan fingerprint density at radius 1 is 1.50 bits per heavy atom. The van der Waals surface area contributed by atoms with Gasteiger partial charge in [0.05, 0.1) is 6.10 Å². The number of likely N-dealkylation sites (tertiary alicyclic amines) is 1. The molecule has 0 spiro atoms. The fraction of sp³-hybridized carbons (Fsp3) is 0.462. The Labute approximate surface area is 120 Å². The molecule has 1 saturated heterocycles. The molecule has 5 heteroatoms. The molecule has 0 aliphatic carbocycles. The van der Waals surface area contributed by atoms with Gasteiger partial charge >= 0.3 is 0 Å². The molecule has 0 N–H and O–H groups in total. The van der Waals surface area contributed by atoms with Crippen LogP contribution in [0.2, 0.25) is 0 Å². The van der Waals surface area contributed by atoms with Crippen molar-refractivity contribution in [3.05, 3.63) is 27.7 Å². The maximum atomic E-state index is 11.9. The SMILES string of the molecule is COC1CCN(C(=O)/C=C/c2ccc(I)o2)CC1. The van der Waals surface area contributed by atoms with Gasteiger partial charge in [0.25, 0.3) is 0 Å². The lowest BCUT2D eigenvalue weighted by atomic mass is 10.1. The zero-order valence-corrected chi connectivity index (χ0v) is 12.4. The van der Waals surface area contributed by atoms with E-state index in [2.05, 4.69) is 22.6 Å². The number of halogens is 1. The maximum absolute atomic E-state index is 11.9. The van der Waals surface area contributed by atoms with Gasteiger partial charge in [0.15, 0.2) is 3.77 Å². The lowest BCUT2D eigenvalue weighted by Gasteiger charge is -2.30. The summed E-state index contributed by atoms with van der Waals surface area (Å²) in [5.74, 6) is 0.746. The van der Waals surface area contributed by atoms with Gasteiger partial charge in [-0.25, -0.2) is 0 Å². The first-order valence-electron chi connectivity index (χ1n) is 5.94. The predicted molar refractivity (Wildman–Crippen MR) is 77.1 cm³/mol. The van der Waals surface area contributed by atoms with Crippen LogP contribution in [0, 0.1) is 3.77 Å². The molecule has 0 saturated carbocycles. The van der Waals surface area contributed by atoms with E-state index in [1.807, 2.05) is 17.0 Å². The summed E-state index contributed by atoms with van der Waals surface area (Å²) in [5, 5.41) is 0. The van der Waals surface area contributed by atoms with Crippen LogP contribution >= 0.6 is 22.6 Å². The van der Waals surface area contributed by atoms with Crippen molar-refractivity contribution in [2.75, 3.05) is 20.2 Å². The lowest BCUT2D eigenvalue weighted by molar-refractivity contribution is -0.128. The van der Waals surface area contributed by atoms with E-state index < -0.39 is 0 Å². The summed E-state index contributed by atoms with van der Waals surface area (Å²) in [4.78, 5) is 13.8. The Morgan fingerprint density at radius 3 is 2.78 bits per heavy atom. The molecule has 0 aromatic carbocycles. The second-order valence-corrected chi connectivity index (χ2v) is 5.30. The van der Waals surface area contributed by atoms with Gasteiger partial charge in [0.1, 0.15) is 5.76 Å². The maximum Gasteiger partial charge on any atom is 0.246 e. The van der Waals surface area contributed by atoms with E-state index in [9.17, 15) is 4.79 Å². The van der Waals surface area contributed by atoms with Crippen molar-refractivity contribution >= 4 is 34.6 Å². The fourth-order valence-electron chi connectivity index (χ4n) is 1.99. The summed E-state index contributed by atoms with van der Waals surface area (Å²) < 4.78 is 11.5. The van der Waals surface area contributed by atoms with Gasteiger partial charge in [-0.05, 0) is 53.6 Å². The summed E-state index contributed by atoms with van der Waals surface area (Å²) in [5.41, 5.74) is 0. The highest BCUT2D eigenvalue weighted by Gasteiger charge is 2.20. The zero-order valence-electron chi connectivity index (χ0n) is 10.3. The lowest BCUT2D eigenvalue weighted by Crippen LogP contribution is -2.39. The van der Waals surface area contributed by atoms with Crippen LogP contribution in [0.15, 0.2) is 22.6 Å². The summed E-state index contributed by atoms with van der Waals surface area (Å²) in [6.07, 6.45) is 5.41. The number of furan rings is 1. The molecule has 1 aliphatic rings. The van der Waals surface area contributed by atoms with E-state index in [-0.39, 0.29) is 5.91 Å². The number of nitrogens with zero attached hydrogens (tertiary/aromatic N) is 1. The Morgan fingerprint density at radius 2 is 2.22 bits per heavy atom. The molecule has 98 valence electrons. The van der Waals surface area contributed by atoms with Crippen molar-refractivity contribution in [3.63, 3.8) is 0 Å². The van der Waals surface area contributed by atoms with Crippen molar-refractivity contribution in [3.8, 4) is 0 Å². The molecule has 0 unspecified atom stereocenters. The number of amides is 1. The molecule has 1 aliphatic heterocycles. The summed E-state index contributed by atoms with van der Waals surface area (Å²) >= 11 is 2.10. The summed E-state index contributed by atoms with van der Waals surface area (Å²) in [6, 6.07) is 3.72. The van der Waals surface area contributed by atoms with Crippen molar-refractivity contribution < 1.29 is 13.9 Å². The molecule has 2 rings (SSSR count). The van der Waals surface area contributed by atoms with Crippen LogP contribution < -0.4 is 0 Å². The number of hydrogen-bond acceptors (Lipinski definition) is 3. The molecule has 4 nitrogen and oxygen atoms in total. The minimum atomic E-state index is 0.0379. The Kier molecular flexibility index (Phi) is 4.82. The highest BCUT2D eigenvalue weighted by Crippen LogP contribution is 2.14. The molecule has 18 heavy (non-hydrogen) atoms. The second-order valence-electron chi connectivity index (χ2n) is 4.24. The second kappa shape index (κ2) is 6.38. The van der Waals surface area contributed by atoms with Gasteiger partial charge in [-0.1, -0.05) is 0 Å². The average molecular weight is 361 g/mol. The standard InChI is InChI=1S/C13H16INO3/c1-17-10-6-8-15(9-7-10)13(16)5-3-11-2-4-12(14)18-11/h2-5,10H,6-9H2,1H3/b5-3+. The molecular formula is C13H16INO3. The van der Waals surface area contributed by atoms with Crippen LogP contribution in [0.3, 0.4) is 0 Å². The Bertz CT molecular complexity index is 433. The molecule has 2 heterocycles. The van der Waals surface area contributed by atoms with E-state index in [0.717, 1.165) is 29.7 Å². The highest BCUT2D eigenvalue weighted by molar-refractivity contribution is 14.1.